The Morgan fingerprint density at radius 1 is 0.923 bits per heavy atom. The molecule has 0 saturated carbocycles. The molecule has 4 aromatic rings. The highest BCUT2D eigenvalue weighted by Crippen LogP contribution is 2.44. The van der Waals surface area contributed by atoms with Gasteiger partial charge in [-0.25, -0.2) is 0 Å². The van der Waals surface area contributed by atoms with Gasteiger partial charge in [0.2, 0.25) is 0 Å². The molecule has 0 aliphatic carbocycles. The Morgan fingerprint density at radius 3 is 2.46 bits per heavy atom. The number of nitrogens with zero attached hydrogens (tertiary/aromatic N) is 4. The molecular formula is C32H34ClN5S. The quantitative estimate of drug-likeness (QED) is 0.258. The van der Waals surface area contributed by atoms with Crippen LogP contribution in [-0.4, -0.2) is 27.8 Å². The third kappa shape index (κ3) is 5.04. The summed E-state index contributed by atoms with van der Waals surface area (Å²) in [6.45, 7) is 8.83. The fraction of sp³-hybridized carbons (Fsp3) is 0.312. The molecule has 5 nitrogen and oxygen atoms in total. The summed E-state index contributed by atoms with van der Waals surface area (Å²) >= 11 is 13.0. The van der Waals surface area contributed by atoms with E-state index < -0.39 is 0 Å². The maximum Gasteiger partial charge on any atom is 0.174 e. The molecule has 2 aliphatic heterocycles. The van der Waals surface area contributed by atoms with E-state index in [4.69, 9.17) is 28.8 Å². The van der Waals surface area contributed by atoms with Crippen LogP contribution in [0.15, 0.2) is 85.2 Å². The summed E-state index contributed by atoms with van der Waals surface area (Å²) in [5.74, 6) is 1.30. The van der Waals surface area contributed by atoms with Crippen molar-refractivity contribution < 1.29 is 0 Å². The van der Waals surface area contributed by atoms with E-state index in [-0.39, 0.29) is 12.1 Å². The molecule has 4 atom stereocenters. The second-order valence-corrected chi connectivity index (χ2v) is 11.9. The molecule has 39 heavy (non-hydrogen) atoms. The Kier molecular flexibility index (Phi) is 7.08. The van der Waals surface area contributed by atoms with E-state index in [0.717, 1.165) is 46.6 Å². The highest BCUT2D eigenvalue weighted by atomic mass is 35.5. The van der Waals surface area contributed by atoms with Crippen LogP contribution in [0, 0.1) is 18.8 Å². The Morgan fingerprint density at radius 2 is 1.74 bits per heavy atom. The molecular weight excluding hydrogens is 522 g/mol. The average molecular weight is 556 g/mol. The Hall–Kier alpha value is -3.35. The van der Waals surface area contributed by atoms with Gasteiger partial charge in [-0.1, -0.05) is 43.6 Å². The lowest BCUT2D eigenvalue weighted by Gasteiger charge is -2.37. The highest BCUT2D eigenvalue weighted by Gasteiger charge is 2.42. The van der Waals surface area contributed by atoms with Crippen LogP contribution in [0.1, 0.15) is 49.3 Å². The van der Waals surface area contributed by atoms with E-state index in [9.17, 15) is 0 Å². The summed E-state index contributed by atoms with van der Waals surface area (Å²) in [7, 11) is 0. The Balaban J connectivity index is 1.43. The fourth-order valence-electron chi connectivity index (χ4n) is 6.34. The van der Waals surface area contributed by atoms with Crippen LogP contribution in [0.4, 0.5) is 11.4 Å². The second kappa shape index (κ2) is 10.7. The van der Waals surface area contributed by atoms with Crippen LogP contribution in [-0.2, 0) is 0 Å². The number of benzene rings is 2. The summed E-state index contributed by atoms with van der Waals surface area (Å²) in [5.41, 5.74) is 6.48. The molecule has 0 spiro atoms. The normalized spacial score (nSPS) is 23.2. The third-order valence-corrected chi connectivity index (χ3v) is 8.50. The lowest BCUT2D eigenvalue weighted by Crippen LogP contribution is -2.38. The van der Waals surface area contributed by atoms with Gasteiger partial charge in [0.05, 0.1) is 22.4 Å². The first-order chi connectivity index (χ1) is 18.9. The van der Waals surface area contributed by atoms with Gasteiger partial charge in [-0.15, -0.1) is 0 Å². The molecule has 0 bridgehead atoms. The number of anilines is 2. The first-order valence-corrected chi connectivity index (χ1v) is 14.5. The number of hydrogen-bond acceptors (Lipinski definition) is 3. The zero-order valence-electron chi connectivity index (χ0n) is 22.6. The molecule has 6 rings (SSSR count). The van der Waals surface area contributed by atoms with Crippen LogP contribution in [0.3, 0.4) is 0 Å². The van der Waals surface area contributed by atoms with Crippen LogP contribution < -0.4 is 15.1 Å². The average Bonchev–Trinajstić information content (AvgIpc) is 3.53. The molecule has 1 N–H and O–H groups in total. The fourth-order valence-corrected chi connectivity index (χ4v) is 6.98. The van der Waals surface area contributed by atoms with Crippen LogP contribution in [0.5, 0.6) is 0 Å². The third-order valence-electron chi connectivity index (χ3n) is 7.88. The SMILES string of the molecule is Cc1cccc(-n2cccc2[C@@H]2[C@H](c3ccccn3)NC(=S)N2c2ccc(N3C[C@H](C)C[C@H](C)C3)c(Cl)c2)c1. The summed E-state index contributed by atoms with van der Waals surface area (Å²) < 4.78 is 2.25. The van der Waals surface area contributed by atoms with E-state index in [1.807, 2.05) is 18.3 Å². The molecule has 0 amide bonds. The van der Waals surface area contributed by atoms with Crippen LogP contribution in [0.2, 0.25) is 5.02 Å². The Bertz CT molecular complexity index is 1470. The van der Waals surface area contributed by atoms with Crippen molar-refractivity contribution in [2.75, 3.05) is 22.9 Å². The van der Waals surface area contributed by atoms with Crippen molar-refractivity contribution in [2.45, 2.75) is 39.3 Å². The van der Waals surface area contributed by atoms with Gasteiger partial charge >= 0.3 is 0 Å². The zero-order valence-corrected chi connectivity index (χ0v) is 24.2. The van der Waals surface area contributed by atoms with Gasteiger partial charge < -0.3 is 19.7 Å². The second-order valence-electron chi connectivity index (χ2n) is 11.1. The molecule has 200 valence electrons. The molecule has 2 aromatic heterocycles. The van der Waals surface area contributed by atoms with Crippen molar-refractivity contribution in [3.05, 3.63) is 107 Å². The van der Waals surface area contributed by atoms with Gasteiger partial charge in [-0.05, 0) is 97.6 Å². The van der Waals surface area contributed by atoms with Crippen LogP contribution in [0.25, 0.3) is 5.69 Å². The summed E-state index contributed by atoms with van der Waals surface area (Å²) in [4.78, 5) is 9.35. The number of aryl methyl sites for hydroxylation is 1. The zero-order chi connectivity index (χ0) is 27.1. The topological polar surface area (TPSA) is 36.3 Å². The minimum atomic E-state index is -0.126. The van der Waals surface area contributed by atoms with Crippen molar-refractivity contribution in [2.24, 2.45) is 11.8 Å². The van der Waals surface area contributed by atoms with Gasteiger partial charge in [0.25, 0.3) is 0 Å². The number of piperidine rings is 1. The lowest BCUT2D eigenvalue weighted by atomic mass is 9.91. The molecule has 0 radical (unpaired) electrons. The largest absolute Gasteiger partial charge is 0.370 e. The van der Waals surface area contributed by atoms with Crippen molar-refractivity contribution in [1.82, 2.24) is 14.9 Å². The molecule has 0 unspecified atom stereocenters. The smallest absolute Gasteiger partial charge is 0.174 e. The first-order valence-electron chi connectivity index (χ1n) is 13.7. The molecule has 7 heteroatoms. The first kappa shape index (κ1) is 25.9. The predicted molar refractivity (Wildman–Crippen MR) is 165 cm³/mol. The predicted octanol–water partition coefficient (Wildman–Crippen LogP) is 7.49. The monoisotopic (exact) mass is 555 g/mol. The molecule has 2 saturated heterocycles. The molecule has 2 aliphatic rings. The van der Waals surface area contributed by atoms with Crippen molar-refractivity contribution in [3.8, 4) is 5.69 Å². The summed E-state index contributed by atoms with van der Waals surface area (Å²) in [6.07, 6.45) is 5.22. The maximum atomic E-state index is 7.01. The van der Waals surface area contributed by atoms with Crippen molar-refractivity contribution >= 4 is 40.3 Å². The van der Waals surface area contributed by atoms with E-state index in [2.05, 4.69) is 107 Å². The maximum absolute atomic E-state index is 7.01. The van der Waals surface area contributed by atoms with Gasteiger partial charge in [0, 0.05) is 42.6 Å². The summed E-state index contributed by atoms with van der Waals surface area (Å²) in [5, 5.41) is 5.00. The van der Waals surface area contributed by atoms with Gasteiger partial charge in [-0.2, -0.15) is 0 Å². The van der Waals surface area contributed by atoms with E-state index in [1.165, 1.54) is 12.0 Å². The molecule has 2 fully saturated rings. The standard InChI is InChI=1S/C32H34ClN5S/c1-21-8-6-9-24(17-21)37-15-7-11-29(37)31-30(27-10-4-5-14-34-27)35-32(39)38(31)25-12-13-28(26(33)18-25)36-19-22(2)16-23(3)20-36/h4-15,17-18,22-23,30-31H,16,19-20H2,1-3H3,(H,35,39)/t22-,23+,30-,31+/m0/s1. The number of halogens is 1. The number of aromatic nitrogens is 2. The minimum absolute atomic E-state index is 0.125. The van der Waals surface area contributed by atoms with Crippen molar-refractivity contribution in [1.29, 1.82) is 0 Å². The van der Waals surface area contributed by atoms with Crippen molar-refractivity contribution in [3.63, 3.8) is 0 Å². The minimum Gasteiger partial charge on any atom is -0.370 e. The number of nitrogens with one attached hydrogen (secondary N) is 1. The Labute approximate surface area is 241 Å². The van der Waals surface area contributed by atoms with Gasteiger partial charge in [-0.3, -0.25) is 4.98 Å². The highest BCUT2D eigenvalue weighted by molar-refractivity contribution is 7.80. The number of pyridine rings is 1. The lowest BCUT2D eigenvalue weighted by molar-refractivity contribution is 0.357. The van der Waals surface area contributed by atoms with Crippen LogP contribution >= 0.6 is 23.8 Å². The van der Waals surface area contributed by atoms with E-state index in [0.29, 0.717) is 16.9 Å². The van der Waals surface area contributed by atoms with E-state index in [1.54, 1.807) is 0 Å². The molecule has 2 aromatic carbocycles. The number of thiocarbonyl (C=S) groups is 1. The van der Waals surface area contributed by atoms with Gasteiger partial charge in [0.15, 0.2) is 5.11 Å². The number of rotatable bonds is 5. The van der Waals surface area contributed by atoms with E-state index >= 15 is 0 Å². The van der Waals surface area contributed by atoms with Gasteiger partial charge in [0.1, 0.15) is 6.04 Å². The number of hydrogen-bond donors (Lipinski definition) is 1. The summed E-state index contributed by atoms with van der Waals surface area (Å²) in [6, 6.07) is 25.0. The molecule has 4 heterocycles.